The summed E-state index contributed by atoms with van der Waals surface area (Å²) in [6, 6.07) is 3.83. The van der Waals surface area contributed by atoms with E-state index in [4.69, 9.17) is 0 Å². The highest BCUT2D eigenvalue weighted by Crippen LogP contribution is 2.44. The summed E-state index contributed by atoms with van der Waals surface area (Å²) in [5, 5.41) is 3.53. The number of nitrogens with zero attached hydrogens (tertiary/aromatic N) is 1. The Bertz CT molecular complexity index is 641. The lowest BCUT2D eigenvalue weighted by atomic mass is 9.79. The summed E-state index contributed by atoms with van der Waals surface area (Å²) in [4.78, 5) is 7.34. The first-order valence-corrected chi connectivity index (χ1v) is 7.31. The zero-order valence-electron chi connectivity index (χ0n) is 11.4. The second-order valence-corrected chi connectivity index (χ2v) is 6.03. The summed E-state index contributed by atoms with van der Waals surface area (Å²) in [5.74, 6) is -0.264. The van der Waals surface area contributed by atoms with Crippen LogP contribution in [0, 0.1) is 5.82 Å². The van der Waals surface area contributed by atoms with Crippen molar-refractivity contribution in [2.45, 2.75) is 37.6 Å². The fraction of sp³-hybridized carbons (Fsp3) is 0.438. The predicted molar refractivity (Wildman–Crippen MR) is 75.8 cm³/mol. The molecule has 0 amide bonds. The molecule has 1 aliphatic heterocycles. The monoisotopic (exact) mass is 271 g/mol. The minimum atomic E-state index is -0.264. The third-order valence-electron chi connectivity index (χ3n) is 4.83. The van der Waals surface area contributed by atoms with E-state index >= 15 is 0 Å². The van der Waals surface area contributed by atoms with Gasteiger partial charge in [-0.1, -0.05) is 12.8 Å². The second kappa shape index (κ2) is 4.42. The van der Waals surface area contributed by atoms with Crippen LogP contribution < -0.4 is 5.32 Å². The van der Waals surface area contributed by atoms with Gasteiger partial charge in [0.25, 0.3) is 0 Å². The maximum atomic E-state index is 13.9. The molecule has 4 rings (SSSR count). The van der Waals surface area contributed by atoms with Crippen molar-refractivity contribution in [3.63, 3.8) is 0 Å². The molecule has 0 saturated heterocycles. The molecule has 0 aromatic carbocycles. The quantitative estimate of drug-likeness (QED) is 0.836. The van der Waals surface area contributed by atoms with Crippen LogP contribution in [0.4, 0.5) is 4.39 Å². The van der Waals surface area contributed by atoms with Gasteiger partial charge in [-0.3, -0.25) is 4.98 Å². The number of halogens is 1. The van der Waals surface area contributed by atoms with Crippen molar-refractivity contribution in [1.82, 2.24) is 15.3 Å². The summed E-state index contributed by atoms with van der Waals surface area (Å²) in [6.07, 6.45) is 7.95. The lowest BCUT2D eigenvalue weighted by Gasteiger charge is -2.34. The molecule has 1 aliphatic carbocycles. The maximum absolute atomic E-state index is 13.9. The highest BCUT2D eigenvalue weighted by Gasteiger charge is 2.40. The fourth-order valence-corrected chi connectivity index (χ4v) is 3.85. The molecule has 0 atom stereocenters. The number of H-pyrrole nitrogens is 1. The summed E-state index contributed by atoms with van der Waals surface area (Å²) in [7, 11) is 0. The molecule has 4 heteroatoms. The Morgan fingerprint density at radius 1 is 1.25 bits per heavy atom. The topological polar surface area (TPSA) is 40.7 Å². The third-order valence-corrected chi connectivity index (χ3v) is 4.83. The van der Waals surface area contributed by atoms with Crippen LogP contribution >= 0.6 is 0 Å². The molecule has 1 fully saturated rings. The van der Waals surface area contributed by atoms with E-state index in [9.17, 15) is 4.39 Å². The molecule has 2 aromatic heterocycles. The van der Waals surface area contributed by atoms with Crippen molar-refractivity contribution in [2.75, 3.05) is 6.54 Å². The summed E-state index contributed by atoms with van der Waals surface area (Å²) in [5.41, 5.74) is 4.37. The normalized spacial score (nSPS) is 20.2. The van der Waals surface area contributed by atoms with Gasteiger partial charge in [0.1, 0.15) is 0 Å². The molecule has 3 heterocycles. The minimum Gasteiger partial charge on any atom is -0.358 e. The first kappa shape index (κ1) is 12.1. The Labute approximate surface area is 117 Å². The van der Waals surface area contributed by atoms with Crippen LogP contribution in [0.2, 0.25) is 0 Å². The SMILES string of the molecule is Fc1cnccc1-c1cc2c([nH]1)C1(CCCC1)CNC2. The first-order valence-electron chi connectivity index (χ1n) is 7.31. The van der Waals surface area contributed by atoms with Crippen LogP contribution in [0.15, 0.2) is 24.5 Å². The predicted octanol–water partition coefficient (Wildman–Crippen LogP) is 3.13. The van der Waals surface area contributed by atoms with Gasteiger partial charge in [-0.25, -0.2) is 4.39 Å². The number of aromatic nitrogens is 2. The van der Waals surface area contributed by atoms with Crippen LogP contribution in [0.3, 0.4) is 0 Å². The van der Waals surface area contributed by atoms with Crippen LogP contribution in [-0.4, -0.2) is 16.5 Å². The van der Waals surface area contributed by atoms with Gasteiger partial charge in [0.15, 0.2) is 5.82 Å². The Kier molecular flexibility index (Phi) is 2.67. The molecule has 2 aliphatic rings. The van der Waals surface area contributed by atoms with Gasteiger partial charge < -0.3 is 10.3 Å². The Balaban J connectivity index is 1.82. The highest BCUT2D eigenvalue weighted by atomic mass is 19.1. The molecular formula is C16H18FN3. The van der Waals surface area contributed by atoms with Crippen LogP contribution in [0.25, 0.3) is 11.3 Å². The zero-order valence-corrected chi connectivity index (χ0v) is 11.4. The Morgan fingerprint density at radius 3 is 2.90 bits per heavy atom. The van der Waals surface area contributed by atoms with Gasteiger partial charge in [0, 0.05) is 41.7 Å². The number of nitrogens with one attached hydrogen (secondary N) is 2. The van der Waals surface area contributed by atoms with E-state index in [1.165, 1.54) is 43.1 Å². The van der Waals surface area contributed by atoms with Crippen molar-refractivity contribution >= 4 is 0 Å². The second-order valence-electron chi connectivity index (χ2n) is 6.03. The molecular weight excluding hydrogens is 253 g/mol. The van der Waals surface area contributed by atoms with Gasteiger partial charge in [0.05, 0.1) is 6.20 Å². The lowest BCUT2D eigenvalue weighted by Crippen LogP contribution is -2.41. The zero-order chi connectivity index (χ0) is 13.6. The van der Waals surface area contributed by atoms with Gasteiger partial charge in [-0.15, -0.1) is 0 Å². The van der Waals surface area contributed by atoms with E-state index in [1.54, 1.807) is 12.3 Å². The van der Waals surface area contributed by atoms with E-state index in [1.807, 2.05) is 0 Å². The van der Waals surface area contributed by atoms with Crippen LogP contribution in [0.5, 0.6) is 0 Å². The Morgan fingerprint density at radius 2 is 2.10 bits per heavy atom. The van der Waals surface area contributed by atoms with Crippen molar-refractivity contribution in [1.29, 1.82) is 0 Å². The number of rotatable bonds is 1. The lowest BCUT2D eigenvalue weighted by molar-refractivity contribution is 0.369. The summed E-state index contributed by atoms with van der Waals surface area (Å²) >= 11 is 0. The summed E-state index contributed by atoms with van der Waals surface area (Å²) in [6.45, 7) is 1.92. The van der Waals surface area contributed by atoms with Gasteiger partial charge in [-0.2, -0.15) is 0 Å². The average Bonchev–Trinajstić information content (AvgIpc) is 3.08. The van der Waals surface area contributed by atoms with E-state index in [0.717, 1.165) is 18.8 Å². The van der Waals surface area contributed by atoms with Gasteiger partial charge in [-0.05, 0) is 30.5 Å². The molecule has 0 unspecified atom stereocenters. The number of fused-ring (bicyclic) bond motifs is 2. The van der Waals surface area contributed by atoms with Crippen LogP contribution in [0.1, 0.15) is 36.9 Å². The van der Waals surface area contributed by atoms with E-state index < -0.39 is 0 Å². The molecule has 20 heavy (non-hydrogen) atoms. The van der Waals surface area contributed by atoms with Crippen molar-refractivity contribution in [2.24, 2.45) is 0 Å². The number of hydrogen-bond acceptors (Lipinski definition) is 2. The molecule has 2 aromatic rings. The summed E-state index contributed by atoms with van der Waals surface area (Å²) < 4.78 is 13.9. The Hall–Kier alpha value is -1.68. The molecule has 3 nitrogen and oxygen atoms in total. The first-order chi connectivity index (χ1) is 9.78. The van der Waals surface area contributed by atoms with E-state index in [-0.39, 0.29) is 11.2 Å². The molecule has 2 N–H and O–H groups in total. The smallest absolute Gasteiger partial charge is 0.150 e. The van der Waals surface area contributed by atoms with Gasteiger partial charge >= 0.3 is 0 Å². The van der Waals surface area contributed by atoms with Crippen LogP contribution in [-0.2, 0) is 12.0 Å². The van der Waals surface area contributed by atoms with Crippen molar-refractivity contribution in [3.05, 3.63) is 41.6 Å². The third kappa shape index (κ3) is 1.71. The molecule has 1 spiro atoms. The maximum Gasteiger partial charge on any atom is 0.150 e. The van der Waals surface area contributed by atoms with E-state index in [2.05, 4.69) is 21.4 Å². The molecule has 104 valence electrons. The molecule has 1 saturated carbocycles. The number of hydrogen-bond donors (Lipinski definition) is 2. The van der Waals surface area contributed by atoms with Gasteiger partial charge in [0.2, 0.25) is 0 Å². The standard InChI is InChI=1S/C16H18FN3/c17-13-9-18-6-3-12(13)14-7-11-8-19-10-16(15(11)20-14)4-1-2-5-16/h3,6-7,9,19-20H,1-2,4-5,8,10H2. The largest absolute Gasteiger partial charge is 0.358 e. The van der Waals surface area contributed by atoms with E-state index in [0.29, 0.717) is 5.56 Å². The van der Waals surface area contributed by atoms with Crippen molar-refractivity contribution in [3.8, 4) is 11.3 Å². The fourth-order valence-electron chi connectivity index (χ4n) is 3.85. The minimum absolute atomic E-state index is 0.245. The molecule has 0 bridgehead atoms. The highest BCUT2D eigenvalue weighted by molar-refractivity contribution is 5.62. The number of aromatic amines is 1. The van der Waals surface area contributed by atoms with Crippen molar-refractivity contribution < 1.29 is 4.39 Å². The number of pyridine rings is 1. The molecule has 0 radical (unpaired) electrons. The average molecular weight is 271 g/mol.